The predicted octanol–water partition coefficient (Wildman–Crippen LogP) is 3.16. The lowest BCUT2D eigenvalue weighted by Gasteiger charge is -2.01. The van der Waals surface area contributed by atoms with Gasteiger partial charge in [-0.3, -0.25) is 4.79 Å². The minimum Gasteiger partial charge on any atom is -0.294 e. The number of carbonyl (C=O) groups excluding carboxylic acids is 1. The highest BCUT2D eigenvalue weighted by atomic mass is 32.1. The lowest BCUT2D eigenvalue weighted by molar-refractivity contribution is 0.0987. The van der Waals surface area contributed by atoms with Crippen molar-refractivity contribution in [2.24, 2.45) is 0 Å². The van der Waals surface area contributed by atoms with Crippen LogP contribution < -0.4 is 0 Å². The van der Waals surface area contributed by atoms with Crippen molar-refractivity contribution in [1.29, 1.82) is 0 Å². The second-order valence-electron chi connectivity index (χ2n) is 3.58. The van der Waals surface area contributed by atoms with Crippen LogP contribution in [0.25, 0.3) is 0 Å². The molecule has 2 rings (SSSR count). The van der Waals surface area contributed by atoms with Crippen molar-refractivity contribution < 1.29 is 13.6 Å². The van der Waals surface area contributed by atoms with Gasteiger partial charge in [-0.1, -0.05) is 0 Å². The van der Waals surface area contributed by atoms with E-state index < -0.39 is 17.4 Å². The van der Waals surface area contributed by atoms with E-state index in [1.165, 1.54) is 11.3 Å². The quantitative estimate of drug-likeness (QED) is 0.786. The summed E-state index contributed by atoms with van der Waals surface area (Å²) in [6, 6.07) is 2.85. The molecule has 0 aliphatic rings. The van der Waals surface area contributed by atoms with Crippen LogP contribution in [0.1, 0.15) is 21.1 Å². The monoisotopic (exact) mass is 253 g/mol. The fraction of sp³-hybridized carbons (Fsp3) is 0.167. The van der Waals surface area contributed by atoms with E-state index in [0.717, 1.165) is 23.2 Å². The second kappa shape index (κ2) is 4.71. The molecule has 0 radical (unpaired) electrons. The standard InChI is InChI=1S/C12H9F2NOS/c1-7-15-9(6-17-7)5-12(16)10-4-8(13)2-3-11(10)14/h2-4,6H,5H2,1H3. The summed E-state index contributed by atoms with van der Waals surface area (Å²) in [5.74, 6) is -1.79. The van der Waals surface area contributed by atoms with Gasteiger partial charge in [-0.05, 0) is 25.1 Å². The van der Waals surface area contributed by atoms with Crippen molar-refractivity contribution in [3.8, 4) is 0 Å². The Morgan fingerprint density at radius 2 is 2.18 bits per heavy atom. The van der Waals surface area contributed by atoms with Gasteiger partial charge in [-0.15, -0.1) is 11.3 Å². The molecule has 2 nitrogen and oxygen atoms in total. The van der Waals surface area contributed by atoms with Crippen LogP contribution in [-0.2, 0) is 6.42 Å². The number of carbonyl (C=O) groups is 1. The first-order valence-corrected chi connectivity index (χ1v) is 5.83. The van der Waals surface area contributed by atoms with Gasteiger partial charge in [0.05, 0.1) is 22.7 Å². The molecule has 0 N–H and O–H groups in total. The summed E-state index contributed by atoms with van der Waals surface area (Å²) in [7, 11) is 0. The van der Waals surface area contributed by atoms with Gasteiger partial charge in [0.2, 0.25) is 0 Å². The Kier molecular flexibility index (Phi) is 3.28. The summed E-state index contributed by atoms with van der Waals surface area (Å²) in [6.07, 6.45) is -0.00921. The third-order valence-electron chi connectivity index (χ3n) is 2.24. The van der Waals surface area contributed by atoms with E-state index in [1.54, 1.807) is 5.38 Å². The Bertz CT molecular complexity index is 565. The lowest BCUT2D eigenvalue weighted by atomic mass is 10.1. The van der Waals surface area contributed by atoms with Gasteiger partial charge in [0.25, 0.3) is 0 Å². The fourth-order valence-corrected chi connectivity index (χ4v) is 2.07. The van der Waals surface area contributed by atoms with E-state index in [1.807, 2.05) is 6.92 Å². The first kappa shape index (κ1) is 11.9. The highest BCUT2D eigenvalue weighted by molar-refractivity contribution is 7.09. The number of rotatable bonds is 3. The summed E-state index contributed by atoms with van der Waals surface area (Å²) < 4.78 is 26.2. The van der Waals surface area contributed by atoms with Gasteiger partial charge in [0, 0.05) is 5.38 Å². The van der Waals surface area contributed by atoms with E-state index >= 15 is 0 Å². The summed E-state index contributed by atoms with van der Waals surface area (Å²) in [5, 5.41) is 2.58. The van der Waals surface area contributed by atoms with Gasteiger partial charge < -0.3 is 0 Å². The molecule has 0 amide bonds. The van der Waals surface area contributed by atoms with Crippen LogP contribution >= 0.6 is 11.3 Å². The van der Waals surface area contributed by atoms with Crippen molar-refractivity contribution in [1.82, 2.24) is 4.98 Å². The zero-order chi connectivity index (χ0) is 12.4. The zero-order valence-electron chi connectivity index (χ0n) is 9.04. The summed E-state index contributed by atoms with van der Waals surface area (Å²) in [6.45, 7) is 1.82. The molecule has 17 heavy (non-hydrogen) atoms. The van der Waals surface area contributed by atoms with E-state index in [4.69, 9.17) is 0 Å². The Morgan fingerprint density at radius 3 is 2.82 bits per heavy atom. The molecule has 0 fully saturated rings. The van der Waals surface area contributed by atoms with Crippen LogP contribution in [0.3, 0.4) is 0 Å². The van der Waals surface area contributed by atoms with Crippen LogP contribution in [0.2, 0.25) is 0 Å². The third kappa shape index (κ3) is 2.74. The van der Waals surface area contributed by atoms with Crippen LogP contribution in [0.5, 0.6) is 0 Å². The van der Waals surface area contributed by atoms with Crippen LogP contribution in [0, 0.1) is 18.6 Å². The fourth-order valence-electron chi connectivity index (χ4n) is 1.46. The minimum absolute atomic E-state index is 0.00921. The van der Waals surface area contributed by atoms with Crippen LogP contribution in [0.4, 0.5) is 8.78 Å². The molecule has 1 aromatic carbocycles. The van der Waals surface area contributed by atoms with Crippen molar-refractivity contribution in [2.75, 3.05) is 0 Å². The number of aryl methyl sites for hydroxylation is 1. The normalized spacial score (nSPS) is 10.5. The number of benzene rings is 1. The van der Waals surface area contributed by atoms with Crippen molar-refractivity contribution in [3.05, 3.63) is 51.5 Å². The molecule has 0 saturated heterocycles. The maximum atomic E-state index is 13.3. The molecular formula is C12H9F2NOS. The molecule has 0 spiro atoms. The molecule has 5 heteroatoms. The number of hydrogen-bond donors (Lipinski definition) is 0. The largest absolute Gasteiger partial charge is 0.294 e. The van der Waals surface area contributed by atoms with Crippen molar-refractivity contribution >= 4 is 17.1 Å². The van der Waals surface area contributed by atoms with Gasteiger partial charge in [-0.2, -0.15) is 0 Å². The summed E-state index contributed by atoms with van der Waals surface area (Å²) in [5.41, 5.74) is 0.358. The number of halogens is 2. The summed E-state index contributed by atoms with van der Waals surface area (Å²) >= 11 is 1.42. The number of aromatic nitrogens is 1. The number of thiazole rings is 1. The SMILES string of the molecule is Cc1nc(CC(=O)c2cc(F)ccc2F)cs1. The number of hydrogen-bond acceptors (Lipinski definition) is 3. The molecule has 0 aliphatic heterocycles. The number of Topliss-reactive ketones (excluding diaryl/α,β-unsaturated/α-hetero) is 1. The Labute approximate surface area is 101 Å². The van der Waals surface area contributed by atoms with Crippen LogP contribution in [-0.4, -0.2) is 10.8 Å². The average Bonchev–Trinajstić information content (AvgIpc) is 2.67. The maximum absolute atomic E-state index is 13.3. The number of ketones is 1. The highest BCUT2D eigenvalue weighted by Crippen LogP contribution is 2.15. The highest BCUT2D eigenvalue weighted by Gasteiger charge is 2.14. The van der Waals surface area contributed by atoms with E-state index in [9.17, 15) is 13.6 Å². The summed E-state index contributed by atoms with van der Waals surface area (Å²) in [4.78, 5) is 15.9. The van der Waals surface area contributed by atoms with E-state index in [-0.39, 0.29) is 12.0 Å². The molecule has 0 unspecified atom stereocenters. The molecule has 0 bridgehead atoms. The van der Waals surface area contributed by atoms with E-state index in [0.29, 0.717) is 5.69 Å². The lowest BCUT2D eigenvalue weighted by Crippen LogP contribution is -2.07. The molecule has 0 saturated carbocycles. The molecule has 0 atom stereocenters. The molecule has 1 heterocycles. The topological polar surface area (TPSA) is 30.0 Å². The van der Waals surface area contributed by atoms with E-state index in [2.05, 4.69) is 4.98 Å². The van der Waals surface area contributed by atoms with Gasteiger partial charge >= 0.3 is 0 Å². The van der Waals surface area contributed by atoms with Gasteiger partial charge in [0.15, 0.2) is 5.78 Å². The van der Waals surface area contributed by atoms with Crippen molar-refractivity contribution in [3.63, 3.8) is 0 Å². The van der Waals surface area contributed by atoms with Gasteiger partial charge in [0.1, 0.15) is 11.6 Å². The van der Waals surface area contributed by atoms with Gasteiger partial charge in [-0.25, -0.2) is 13.8 Å². The Morgan fingerprint density at radius 1 is 1.41 bits per heavy atom. The number of nitrogens with zero attached hydrogens (tertiary/aromatic N) is 1. The molecule has 1 aromatic heterocycles. The van der Waals surface area contributed by atoms with Crippen LogP contribution in [0.15, 0.2) is 23.6 Å². The molecule has 0 aliphatic carbocycles. The third-order valence-corrected chi connectivity index (χ3v) is 3.06. The average molecular weight is 253 g/mol. The Hall–Kier alpha value is -1.62. The zero-order valence-corrected chi connectivity index (χ0v) is 9.85. The first-order chi connectivity index (χ1) is 8.06. The first-order valence-electron chi connectivity index (χ1n) is 4.95. The smallest absolute Gasteiger partial charge is 0.171 e. The minimum atomic E-state index is -0.705. The Balaban J connectivity index is 2.22. The van der Waals surface area contributed by atoms with Crippen molar-refractivity contribution in [2.45, 2.75) is 13.3 Å². The molecular weight excluding hydrogens is 244 g/mol. The second-order valence-corrected chi connectivity index (χ2v) is 4.64. The molecule has 2 aromatic rings. The molecule has 88 valence electrons. The predicted molar refractivity (Wildman–Crippen MR) is 61.2 cm³/mol. The maximum Gasteiger partial charge on any atom is 0.171 e.